The van der Waals surface area contributed by atoms with Gasteiger partial charge >= 0.3 is 0 Å². The van der Waals surface area contributed by atoms with Crippen molar-refractivity contribution in [3.05, 3.63) is 64.1 Å². The van der Waals surface area contributed by atoms with E-state index in [4.69, 9.17) is 4.74 Å². The van der Waals surface area contributed by atoms with E-state index in [1.165, 1.54) is 36.1 Å². The molecule has 0 unspecified atom stereocenters. The SMILES string of the molecule is CCCCCCCOc1ccccc1/C=N\NC(=O)c1cccn(C(C)C)c1=O. The Labute approximate surface area is 172 Å². The number of unbranched alkanes of at least 4 members (excludes halogenated alkanes) is 4. The molecule has 0 aliphatic rings. The van der Waals surface area contributed by atoms with E-state index in [9.17, 15) is 9.59 Å². The first kappa shape index (κ1) is 22.4. The number of amides is 1. The number of aromatic nitrogens is 1. The van der Waals surface area contributed by atoms with E-state index in [-0.39, 0.29) is 17.2 Å². The van der Waals surface area contributed by atoms with E-state index in [0.717, 1.165) is 24.2 Å². The number of para-hydroxylation sites is 1. The normalized spacial score (nSPS) is 11.2. The predicted octanol–water partition coefficient (Wildman–Crippen LogP) is 4.54. The Balaban J connectivity index is 1.96. The first-order valence-corrected chi connectivity index (χ1v) is 10.3. The van der Waals surface area contributed by atoms with Crippen LogP contribution in [0.25, 0.3) is 0 Å². The van der Waals surface area contributed by atoms with Crippen LogP contribution in [0.3, 0.4) is 0 Å². The number of rotatable bonds is 11. The lowest BCUT2D eigenvalue weighted by atomic mass is 10.2. The van der Waals surface area contributed by atoms with Crippen LogP contribution < -0.4 is 15.7 Å². The van der Waals surface area contributed by atoms with E-state index in [2.05, 4.69) is 17.5 Å². The molecule has 1 amide bonds. The number of nitrogens with one attached hydrogen (secondary N) is 1. The first-order valence-electron chi connectivity index (χ1n) is 10.3. The molecule has 0 bridgehead atoms. The minimum Gasteiger partial charge on any atom is -0.493 e. The van der Waals surface area contributed by atoms with Gasteiger partial charge in [-0.1, -0.05) is 44.7 Å². The lowest BCUT2D eigenvalue weighted by Crippen LogP contribution is -2.31. The monoisotopic (exact) mass is 397 g/mol. The van der Waals surface area contributed by atoms with Crippen molar-refractivity contribution in [2.75, 3.05) is 6.61 Å². The van der Waals surface area contributed by atoms with Crippen LogP contribution in [0.4, 0.5) is 0 Å². The molecule has 2 aromatic rings. The Morgan fingerprint density at radius 1 is 1.14 bits per heavy atom. The van der Waals surface area contributed by atoms with Gasteiger partial charge < -0.3 is 9.30 Å². The second-order valence-electron chi connectivity index (χ2n) is 7.23. The van der Waals surface area contributed by atoms with Crippen molar-refractivity contribution in [1.82, 2.24) is 9.99 Å². The summed E-state index contributed by atoms with van der Waals surface area (Å²) in [6, 6.07) is 10.7. The van der Waals surface area contributed by atoms with Crippen molar-refractivity contribution in [2.24, 2.45) is 5.10 Å². The zero-order valence-corrected chi connectivity index (χ0v) is 17.6. The molecular formula is C23H31N3O3. The molecule has 0 saturated heterocycles. The molecule has 0 radical (unpaired) electrons. The maximum absolute atomic E-state index is 12.4. The Bertz CT molecular complexity index is 872. The van der Waals surface area contributed by atoms with Gasteiger partial charge in [-0.3, -0.25) is 9.59 Å². The highest BCUT2D eigenvalue weighted by molar-refractivity contribution is 5.94. The number of carbonyl (C=O) groups is 1. The van der Waals surface area contributed by atoms with Crippen molar-refractivity contribution in [1.29, 1.82) is 0 Å². The van der Waals surface area contributed by atoms with Crippen LogP contribution in [0.2, 0.25) is 0 Å². The summed E-state index contributed by atoms with van der Waals surface area (Å²) in [6.07, 6.45) is 9.08. The fraction of sp³-hybridized carbons (Fsp3) is 0.435. The number of hydrogen-bond acceptors (Lipinski definition) is 4. The number of ether oxygens (including phenoxy) is 1. The summed E-state index contributed by atoms with van der Waals surface area (Å²) in [5.41, 5.74) is 2.94. The van der Waals surface area contributed by atoms with Crippen LogP contribution in [-0.2, 0) is 0 Å². The summed E-state index contributed by atoms with van der Waals surface area (Å²) in [5.74, 6) is 0.193. The molecule has 0 spiro atoms. The summed E-state index contributed by atoms with van der Waals surface area (Å²) in [7, 11) is 0. The third-order valence-electron chi connectivity index (χ3n) is 4.57. The van der Waals surface area contributed by atoms with E-state index in [1.54, 1.807) is 12.3 Å². The fourth-order valence-corrected chi connectivity index (χ4v) is 2.92. The molecule has 6 heteroatoms. The second-order valence-corrected chi connectivity index (χ2v) is 7.23. The zero-order valence-electron chi connectivity index (χ0n) is 17.6. The van der Waals surface area contributed by atoms with Gasteiger partial charge in [0.05, 0.1) is 12.8 Å². The molecule has 156 valence electrons. The Morgan fingerprint density at radius 3 is 2.66 bits per heavy atom. The summed E-state index contributed by atoms with van der Waals surface area (Å²) in [6.45, 7) is 6.63. The Morgan fingerprint density at radius 2 is 1.90 bits per heavy atom. The molecule has 1 N–H and O–H groups in total. The van der Waals surface area contributed by atoms with Gasteiger partial charge in [0.2, 0.25) is 0 Å². The number of pyridine rings is 1. The van der Waals surface area contributed by atoms with E-state index in [0.29, 0.717) is 6.61 Å². The molecule has 0 fully saturated rings. The van der Waals surface area contributed by atoms with Gasteiger partial charge in [-0.2, -0.15) is 5.10 Å². The molecule has 0 aliphatic heterocycles. The summed E-state index contributed by atoms with van der Waals surface area (Å²) in [5, 5.41) is 4.01. The molecule has 0 aliphatic carbocycles. The van der Waals surface area contributed by atoms with E-state index in [1.807, 2.05) is 38.1 Å². The maximum atomic E-state index is 12.4. The summed E-state index contributed by atoms with van der Waals surface area (Å²) in [4.78, 5) is 24.7. The molecular weight excluding hydrogens is 366 g/mol. The molecule has 1 aromatic heterocycles. The van der Waals surface area contributed by atoms with Gasteiger partial charge in [-0.05, 0) is 44.5 Å². The average Bonchev–Trinajstić information content (AvgIpc) is 2.71. The number of nitrogens with zero attached hydrogens (tertiary/aromatic N) is 2. The number of hydrazone groups is 1. The van der Waals surface area contributed by atoms with Crippen LogP contribution in [0, 0.1) is 0 Å². The van der Waals surface area contributed by atoms with Crippen LogP contribution >= 0.6 is 0 Å². The summed E-state index contributed by atoms with van der Waals surface area (Å²) < 4.78 is 7.38. The van der Waals surface area contributed by atoms with E-state index < -0.39 is 5.91 Å². The van der Waals surface area contributed by atoms with Crippen LogP contribution in [0.1, 0.15) is 74.8 Å². The fourth-order valence-electron chi connectivity index (χ4n) is 2.92. The third-order valence-corrected chi connectivity index (χ3v) is 4.57. The highest BCUT2D eigenvalue weighted by atomic mass is 16.5. The third kappa shape index (κ3) is 6.89. The second kappa shape index (κ2) is 11.8. The van der Waals surface area contributed by atoms with Crippen molar-refractivity contribution < 1.29 is 9.53 Å². The quantitative estimate of drug-likeness (QED) is 0.344. The van der Waals surface area contributed by atoms with Gasteiger partial charge in [0.15, 0.2) is 0 Å². The zero-order chi connectivity index (χ0) is 21.1. The highest BCUT2D eigenvalue weighted by Gasteiger charge is 2.12. The topological polar surface area (TPSA) is 72.7 Å². The number of hydrogen-bond donors (Lipinski definition) is 1. The van der Waals surface area contributed by atoms with Crippen LogP contribution in [-0.4, -0.2) is 23.3 Å². The lowest BCUT2D eigenvalue weighted by Gasteiger charge is -2.10. The molecule has 0 saturated carbocycles. The predicted molar refractivity (Wildman–Crippen MR) is 117 cm³/mol. The van der Waals surface area contributed by atoms with Gasteiger partial charge in [0.25, 0.3) is 11.5 Å². The van der Waals surface area contributed by atoms with Crippen molar-refractivity contribution in [3.63, 3.8) is 0 Å². The van der Waals surface area contributed by atoms with Crippen LogP contribution in [0.15, 0.2) is 52.5 Å². The maximum Gasteiger partial charge on any atom is 0.276 e. The summed E-state index contributed by atoms with van der Waals surface area (Å²) >= 11 is 0. The molecule has 0 atom stereocenters. The lowest BCUT2D eigenvalue weighted by molar-refractivity contribution is 0.0953. The van der Waals surface area contributed by atoms with Gasteiger partial charge in [0, 0.05) is 17.8 Å². The van der Waals surface area contributed by atoms with Crippen LogP contribution in [0.5, 0.6) is 5.75 Å². The number of carbonyl (C=O) groups excluding carboxylic acids is 1. The van der Waals surface area contributed by atoms with Gasteiger partial charge in [0.1, 0.15) is 11.3 Å². The highest BCUT2D eigenvalue weighted by Crippen LogP contribution is 2.16. The molecule has 1 aromatic carbocycles. The van der Waals surface area contributed by atoms with Crippen molar-refractivity contribution in [3.8, 4) is 5.75 Å². The number of benzene rings is 1. The molecule has 6 nitrogen and oxygen atoms in total. The first-order chi connectivity index (χ1) is 14.0. The molecule has 1 heterocycles. The molecule has 29 heavy (non-hydrogen) atoms. The average molecular weight is 398 g/mol. The largest absolute Gasteiger partial charge is 0.493 e. The van der Waals surface area contributed by atoms with Gasteiger partial charge in [-0.15, -0.1) is 0 Å². The smallest absolute Gasteiger partial charge is 0.276 e. The minimum atomic E-state index is -0.532. The Hall–Kier alpha value is -2.89. The molecule has 2 rings (SSSR count). The van der Waals surface area contributed by atoms with Crippen molar-refractivity contribution in [2.45, 2.75) is 58.9 Å². The van der Waals surface area contributed by atoms with Gasteiger partial charge in [-0.25, -0.2) is 5.43 Å². The Kier molecular flexibility index (Phi) is 9.15. The van der Waals surface area contributed by atoms with E-state index >= 15 is 0 Å². The minimum absolute atomic E-state index is 0.0234. The standard InChI is InChI=1S/C23H31N3O3/c1-4-5-6-7-10-16-29-21-14-9-8-12-19(21)17-24-25-22(27)20-13-11-15-26(18(2)3)23(20)28/h8-9,11-15,17-18H,4-7,10,16H2,1-3H3,(H,25,27)/b24-17-. The van der Waals surface area contributed by atoms with Crippen molar-refractivity contribution >= 4 is 12.1 Å².